The van der Waals surface area contributed by atoms with Gasteiger partial charge in [-0.15, -0.1) is 6.42 Å². The van der Waals surface area contributed by atoms with E-state index >= 15 is 0 Å². The molecule has 24 heavy (non-hydrogen) atoms. The fraction of sp³-hybridized carbons (Fsp3) is 0.130. The Morgan fingerprint density at radius 2 is 1.54 bits per heavy atom. The Morgan fingerprint density at radius 1 is 0.833 bits per heavy atom. The van der Waals surface area contributed by atoms with Crippen molar-refractivity contribution in [3.8, 4) is 34.6 Å². The number of fused-ring (bicyclic) bond motifs is 3. The van der Waals surface area contributed by atoms with Crippen LogP contribution < -0.4 is 0 Å². The molecule has 0 N–H and O–H groups in total. The van der Waals surface area contributed by atoms with Crippen LogP contribution >= 0.6 is 11.6 Å². The Labute approximate surface area is 148 Å². The first-order chi connectivity index (χ1) is 11.5. The zero-order valence-electron chi connectivity index (χ0n) is 13.7. The smallest absolute Gasteiger partial charge is 0.0568 e. The quantitative estimate of drug-likeness (QED) is 0.460. The molecular formula is C23H17Cl. The predicted molar refractivity (Wildman–Crippen MR) is 102 cm³/mol. The minimum absolute atomic E-state index is 0.0170. The third-order valence-electron chi connectivity index (χ3n) is 5.05. The summed E-state index contributed by atoms with van der Waals surface area (Å²) in [6, 6.07) is 21.1. The van der Waals surface area contributed by atoms with E-state index in [2.05, 4.69) is 62.2 Å². The number of rotatable bonds is 1. The normalized spacial score (nSPS) is 13.9. The maximum absolute atomic E-state index is 6.28. The van der Waals surface area contributed by atoms with Gasteiger partial charge in [-0.2, -0.15) is 0 Å². The highest BCUT2D eigenvalue weighted by molar-refractivity contribution is 6.32. The summed E-state index contributed by atoms with van der Waals surface area (Å²) >= 11 is 6.28. The second-order valence-corrected chi connectivity index (χ2v) is 7.14. The highest BCUT2D eigenvalue weighted by atomic mass is 35.5. The molecule has 116 valence electrons. The SMILES string of the molecule is C#Cc1c(Cl)cccc1-c1ccc2c(c1)C(C)(C)c1ccccc1-2. The first-order valence-electron chi connectivity index (χ1n) is 8.04. The van der Waals surface area contributed by atoms with E-state index in [1.165, 1.54) is 22.3 Å². The average Bonchev–Trinajstić information content (AvgIpc) is 2.83. The van der Waals surface area contributed by atoms with Crippen LogP contribution in [0, 0.1) is 12.3 Å². The van der Waals surface area contributed by atoms with Crippen molar-refractivity contribution in [2.75, 3.05) is 0 Å². The van der Waals surface area contributed by atoms with Gasteiger partial charge in [0.05, 0.1) is 10.6 Å². The van der Waals surface area contributed by atoms with Crippen molar-refractivity contribution < 1.29 is 0 Å². The van der Waals surface area contributed by atoms with Crippen LogP contribution in [0.4, 0.5) is 0 Å². The highest BCUT2D eigenvalue weighted by Crippen LogP contribution is 2.49. The van der Waals surface area contributed by atoms with Crippen LogP contribution in [0.1, 0.15) is 30.5 Å². The molecular weight excluding hydrogens is 312 g/mol. The van der Waals surface area contributed by atoms with Gasteiger partial charge in [0.25, 0.3) is 0 Å². The molecule has 0 nitrogen and oxygen atoms in total. The van der Waals surface area contributed by atoms with Crippen LogP contribution in [0.15, 0.2) is 60.7 Å². The van der Waals surface area contributed by atoms with E-state index in [1.54, 1.807) is 0 Å². The minimum atomic E-state index is -0.0170. The van der Waals surface area contributed by atoms with Crippen LogP contribution in [0.2, 0.25) is 5.02 Å². The number of hydrogen-bond donors (Lipinski definition) is 0. The molecule has 0 amide bonds. The molecule has 0 saturated heterocycles. The number of halogens is 1. The standard InChI is InChI=1S/C23H17Cl/c1-4-16-17(9-7-11-22(16)24)15-12-13-19-18-8-5-6-10-20(18)23(2,3)21(19)14-15/h1,5-14H,2-3H3. The molecule has 0 aliphatic heterocycles. The van der Waals surface area contributed by atoms with E-state index in [-0.39, 0.29) is 5.41 Å². The van der Waals surface area contributed by atoms with Crippen molar-refractivity contribution in [1.29, 1.82) is 0 Å². The predicted octanol–water partition coefficient (Wildman–Crippen LogP) is 6.29. The number of terminal acetylenes is 1. The lowest BCUT2D eigenvalue weighted by Crippen LogP contribution is -2.14. The molecule has 1 aliphatic carbocycles. The zero-order chi connectivity index (χ0) is 16.9. The van der Waals surface area contributed by atoms with Gasteiger partial charge < -0.3 is 0 Å². The summed E-state index contributed by atoms with van der Waals surface area (Å²) in [6.07, 6.45) is 5.69. The minimum Gasteiger partial charge on any atom is -0.115 e. The summed E-state index contributed by atoms with van der Waals surface area (Å²) in [4.78, 5) is 0. The molecule has 0 unspecified atom stereocenters. The van der Waals surface area contributed by atoms with Gasteiger partial charge in [-0.1, -0.05) is 79.9 Å². The maximum Gasteiger partial charge on any atom is 0.0568 e. The van der Waals surface area contributed by atoms with Crippen LogP contribution in [-0.4, -0.2) is 0 Å². The second kappa shape index (κ2) is 5.26. The molecule has 0 bridgehead atoms. The molecule has 0 heterocycles. The lowest BCUT2D eigenvalue weighted by atomic mass is 9.81. The van der Waals surface area contributed by atoms with Crippen LogP contribution in [0.3, 0.4) is 0 Å². The molecule has 3 aromatic rings. The van der Waals surface area contributed by atoms with E-state index in [0.717, 1.165) is 16.7 Å². The first kappa shape index (κ1) is 15.1. The van der Waals surface area contributed by atoms with Crippen LogP contribution in [0.5, 0.6) is 0 Å². The Morgan fingerprint density at radius 3 is 2.33 bits per heavy atom. The Balaban J connectivity index is 1.96. The van der Waals surface area contributed by atoms with E-state index in [0.29, 0.717) is 5.02 Å². The van der Waals surface area contributed by atoms with Crippen molar-refractivity contribution in [2.45, 2.75) is 19.3 Å². The monoisotopic (exact) mass is 328 g/mol. The summed E-state index contributed by atoms with van der Waals surface area (Å²) < 4.78 is 0. The Bertz CT molecular complexity index is 1000. The summed E-state index contributed by atoms with van der Waals surface area (Å²) in [6.45, 7) is 4.56. The van der Waals surface area contributed by atoms with Crippen molar-refractivity contribution in [2.24, 2.45) is 0 Å². The second-order valence-electron chi connectivity index (χ2n) is 6.74. The largest absolute Gasteiger partial charge is 0.115 e. The lowest BCUT2D eigenvalue weighted by Gasteiger charge is -2.22. The molecule has 0 fully saturated rings. The molecule has 1 heteroatoms. The third kappa shape index (κ3) is 2.02. The average molecular weight is 329 g/mol. The molecule has 0 aromatic heterocycles. The number of hydrogen-bond acceptors (Lipinski definition) is 0. The highest BCUT2D eigenvalue weighted by Gasteiger charge is 2.35. The molecule has 3 aromatic carbocycles. The van der Waals surface area contributed by atoms with Gasteiger partial charge >= 0.3 is 0 Å². The third-order valence-corrected chi connectivity index (χ3v) is 5.37. The van der Waals surface area contributed by atoms with Gasteiger partial charge in [-0.05, 0) is 45.5 Å². The first-order valence-corrected chi connectivity index (χ1v) is 8.42. The van der Waals surface area contributed by atoms with E-state index in [4.69, 9.17) is 18.0 Å². The van der Waals surface area contributed by atoms with Gasteiger partial charge in [0.1, 0.15) is 0 Å². The maximum atomic E-state index is 6.28. The molecule has 1 aliphatic rings. The van der Waals surface area contributed by atoms with E-state index in [1.807, 2.05) is 18.2 Å². The van der Waals surface area contributed by atoms with Crippen molar-refractivity contribution in [1.82, 2.24) is 0 Å². The number of benzene rings is 3. The molecule has 0 atom stereocenters. The molecule has 4 rings (SSSR count). The van der Waals surface area contributed by atoms with Crippen LogP contribution in [0.25, 0.3) is 22.3 Å². The molecule has 0 spiro atoms. The summed E-state index contributed by atoms with van der Waals surface area (Å²) in [5, 5.41) is 0.623. The summed E-state index contributed by atoms with van der Waals surface area (Å²) in [5.74, 6) is 2.74. The van der Waals surface area contributed by atoms with Crippen molar-refractivity contribution >= 4 is 11.6 Å². The topological polar surface area (TPSA) is 0 Å². The van der Waals surface area contributed by atoms with Gasteiger partial charge in [0.15, 0.2) is 0 Å². The van der Waals surface area contributed by atoms with Crippen molar-refractivity contribution in [3.63, 3.8) is 0 Å². The molecule has 0 radical (unpaired) electrons. The fourth-order valence-corrected chi connectivity index (χ4v) is 4.01. The van der Waals surface area contributed by atoms with Gasteiger partial charge in [-0.3, -0.25) is 0 Å². The van der Waals surface area contributed by atoms with Crippen LogP contribution in [-0.2, 0) is 5.41 Å². The van der Waals surface area contributed by atoms with E-state index in [9.17, 15) is 0 Å². The molecule has 0 saturated carbocycles. The Hall–Kier alpha value is -2.49. The van der Waals surface area contributed by atoms with Gasteiger partial charge in [-0.25, -0.2) is 0 Å². The van der Waals surface area contributed by atoms with E-state index < -0.39 is 0 Å². The van der Waals surface area contributed by atoms with Gasteiger partial charge in [0, 0.05) is 5.41 Å². The zero-order valence-corrected chi connectivity index (χ0v) is 14.5. The fourth-order valence-electron chi connectivity index (χ4n) is 3.78. The Kier molecular flexibility index (Phi) is 3.30. The summed E-state index contributed by atoms with van der Waals surface area (Å²) in [5.41, 5.74) is 8.22. The van der Waals surface area contributed by atoms with Gasteiger partial charge in [0.2, 0.25) is 0 Å². The van der Waals surface area contributed by atoms with Crippen molar-refractivity contribution in [3.05, 3.63) is 82.4 Å². The summed E-state index contributed by atoms with van der Waals surface area (Å²) in [7, 11) is 0. The lowest BCUT2D eigenvalue weighted by molar-refractivity contribution is 0.660.